The number of carbonyl (C=O) groups excluding carboxylic acids is 1. The maximum absolute atomic E-state index is 12.2. The largest absolute Gasteiger partial charge is 0.489 e. The van der Waals surface area contributed by atoms with Crippen molar-refractivity contribution in [3.63, 3.8) is 0 Å². The van der Waals surface area contributed by atoms with Crippen molar-refractivity contribution in [3.8, 4) is 5.75 Å². The van der Waals surface area contributed by atoms with Gasteiger partial charge in [0.15, 0.2) is 10.9 Å². The van der Waals surface area contributed by atoms with Gasteiger partial charge in [-0.25, -0.2) is 4.98 Å². The average Bonchev–Trinajstić information content (AvgIpc) is 3.15. The van der Waals surface area contributed by atoms with E-state index in [1.165, 1.54) is 17.6 Å². The lowest BCUT2D eigenvalue weighted by atomic mass is 10.2. The fourth-order valence-corrected chi connectivity index (χ4v) is 2.57. The number of rotatable bonds is 5. The second-order valence-corrected chi connectivity index (χ2v) is 5.48. The molecule has 0 bridgehead atoms. The highest BCUT2D eigenvalue weighted by Gasteiger charge is 2.17. The first kappa shape index (κ1) is 14.3. The van der Waals surface area contributed by atoms with Crippen molar-refractivity contribution in [3.05, 3.63) is 65.1 Å². The minimum Gasteiger partial charge on any atom is -0.489 e. The molecule has 0 aliphatic heterocycles. The summed E-state index contributed by atoms with van der Waals surface area (Å²) in [6.07, 6.45) is 1.48. The van der Waals surface area contributed by atoms with Gasteiger partial charge in [-0.2, -0.15) is 0 Å². The molecule has 5 nitrogen and oxygen atoms in total. The summed E-state index contributed by atoms with van der Waals surface area (Å²) in [7, 11) is 0. The zero-order chi connectivity index (χ0) is 15.4. The highest BCUT2D eigenvalue weighted by molar-refractivity contribution is 7.13. The van der Waals surface area contributed by atoms with E-state index in [-0.39, 0.29) is 18.3 Å². The van der Waals surface area contributed by atoms with Gasteiger partial charge in [-0.1, -0.05) is 18.2 Å². The van der Waals surface area contributed by atoms with E-state index in [1.54, 1.807) is 6.07 Å². The summed E-state index contributed by atoms with van der Waals surface area (Å²) in [4.78, 5) is 16.4. The number of carbonyl (C=O) groups is 1. The van der Waals surface area contributed by atoms with E-state index >= 15 is 0 Å². The molecule has 6 heteroatoms. The molecule has 3 aromatic rings. The van der Waals surface area contributed by atoms with E-state index in [4.69, 9.17) is 9.15 Å². The molecule has 3 rings (SSSR count). The van der Waals surface area contributed by atoms with Crippen LogP contribution in [0, 0.1) is 6.92 Å². The maximum atomic E-state index is 12.2. The van der Waals surface area contributed by atoms with Crippen LogP contribution in [0.3, 0.4) is 0 Å². The van der Waals surface area contributed by atoms with Crippen LogP contribution in [0.4, 0.5) is 5.13 Å². The van der Waals surface area contributed by atoms with E-state index in [0.29, 0.717) is 10.7 Å². The van der Waals surface area contributed by atoms with Gasteiger partial charge in [0.25, 0.3) is 5.91 Å². The molecule has 1 amide bonds. The molecule has 1 aromatic carbocycles. The molecule has 2 aromatic heterocycles. The first-order valence-corrected chi connectivity index (χ1v) is 7.58. The molecule has 0 saturated carbocycles. The minimum atomic E-state index is -0.328. The van der Waals surface area contributed by atoms with Crippen LogP contribution in [0.15, 0.2) is 52.5 Å². The van der Waals surface area contributed by atoms with Gasteiger partial charge in [-0.15, -0.1) is 11.3 Å². The predicted molar refractivity (Wildman–Crippen MR) is 84.3 cm³/mol. The Morgan fingerprint density at radius 3 is 2.86 bits per heavy atom. The lowest BCUT2D eigenvalue weighted by Gasteiger charge is -2.06. The normalized spacial score (nSPS) is 10.4. The molecule has 0 radical (unpaired) electrons. The molecule has 22 heavy (non-hydrogen) atoms. The number of thiazole rings is 1. The molecular weight excluding hydrogens is 300 g/mol. The van der Waals surface area contributed by atoms with Crippen LogP contribution < -0.4 is 10.1 Å². The smallest absolute Gasteiger partial charge is 0.293 e. The average molecular weight is 314 g/mol. The van der Waals surface area contributed by atoms with Crippen molar-refractivity contribution < 1.29 is 13.9 Å². The number of anilines is 1. The van der Waals surface area contributed by atoms with E-state index in [9.17, 15) is 4.79 Å². The second kappa shape index (κ2) is 6.44. The summed E-state index contributed by atoms with van der Waals surface area (Å²) in [5.41, 5.74) is 1.56. The highest BCUT2D eigenvalue weighted by Crippen LogP contribution is 2.19. The summed E-state index contributed by atoms with van der Waals surface area (Å²) in [5, 5.41) is 5.14. The predicted octanol–water partition coefficient (Wildman–Crippen LogP) is 3.88. The summed E-state index contributed by atoms with van der Waals surface area (Å²) in [6.45, 7) is 2.14. The number of benzene rings is 1. The van der Waals surface area contributed by atoms with Crippen LogP contribution in [0.25, 0.3) is 0 Å². The number of nitrogens with one attached hydrogen (secondary N) is 1. The van der Waals surface area contributed by atoms with Gasteiger partial charge in [-0.05, 0) is 25.1 Å². The standard InChI is InChI=1S/C16H14N2O3S/c1-11-10-22-16(17-11)18-15(19)14-12(7-8-20-14)9-21-13-5-3-2-4-6-13/h2-8,10H,9H2,1H3,(H,17,18,19). The van der Waals surface area contributed by atoms with Crippen molar-refractivity contribution in [2.75, 3.05) is 5.32 Å². The first-order chi connectivity index (χ1) is 10.7. The van der Waals surface area contributed by atoms with Crippen LogP contribution in [0.5, 0.6) is 5.75 Å². The monoisotopic (exact) mass is 314 g/mol. The number of aryl methyl sites for hydroxylation is 1. The number of para-hydroxylation sites is 1. The third-order valence-electron chi connectivity index (χ3n) is 2.93. The van der Waals surface area contributed by atoms with E-state index in [1.807, 2.05) is 42.6 Å². The van der Waals surface area contributed by atoms with Crippen LogP contribution in [0.1, 0.15) is 21.8 Å². The van der Waals surface area contributed by atoms with Crippen LogP contribution in [0.2, 0.25) is 0 Å². The van der Waals surface area contributed by atoms with Gasteiger partial charge in [0.05, 0.1) is 12.0 Å². The number of furan rings is 1. The van der Waals surface area contributed by atoms with Gasteiger partial charge >= 0.3 is 0 Å². The van der Waals surface area contributed by atoms with Gasteiger partial charge in [-0.3, -0.25) is 10.1 Å². The van der Waals surface area contributed by atoms with Crippen LogP contribution in [-0.2, 0) is 6.61 Å². The number of nitrogens with zero attached hydrogens (tertiary/aromatic N) is 1. The molecule has 0 atom stereocenters. The number of hydrogen-bond acceptors (Lipinski definition) is 5. The Labute approximate surface area is 131 Å². The first-order valence-electron chi connectivity index (χ1n) is 6.70. The second-order valence-electron chi connectivity index (χ2n) is 4.62. The summed E-state index contributed by atoms with van der Waals surface area (Å²) in [5.74, 6) is 0.653. The van der Waals surface area contributed by atoms with Crippen molar-refractivity contribution in [2.24, 2.45) is 0 Å². The molecule has 1 N–H and O–H groups in total. The summed E-state index contributed by atoms with van der Waals surface area (Å²) < 4.78 is 10.9. The molecule has 0 aliphatic rings. The SMILES string of the molecule is Cc1csc(NC(=O)c2occc2COc2ccccc2)n1. The third kappa shape index (κ3) is 3.35. The van der Waals surface area contributed by atoms with Gasteiger partial charge < -0.3 is 9.15 Å². The zero-order valence-corrected chi connectivity index (χ0v) is 12.7. The molecule has 0 spiro atoms. The number of amides is 1. The van der Waals surface area contributed by atoms with Crippen molar-refractivity contribution in [1.82, 2.24) is 4.98 Å². The van der Waals surface area contributed by atoms with Gasteiger partial charge in [0.2, 0.25) is 0 Å². The zero-order valence-electron chi connectivity index (χ0n) is 11.9. The van der Waals surface area contributed by atoms with E-state index < -0.39 is 0 Å². The topological polar surface area (TPSA) is 64.4 Å². The number of ether oxygens (including phenoxy) is 1. The fraction of sp³-hybridized carbons (Fsp3) is 0.125. The highest BCUT2D eigenvalue weighted by atomic mass is 32.1. The van der Waals surface area contributed by atoms with Crippen molar-refractivity contribution in [1.29, 1.82) is 0 Å². The molecule has 2 heterocycles. The van der Waals surface area contributed by atoms with E-state index in [2.05, 4.69) is 10.3 Å². The molecule has 0 aliphatic carbocycles. The Bertz CT molecular complexity index is 765. The maximum Gasteiger partial charge on any atom is 0.293 e. The van der Waals surface area contributed by atoms with Crippen molar-refractivity contribution >= 4 is 22.4 Å². The summed E-state index contributed by atoms with van der Waals surface area (Å²) in [6, 6.07) is 11.1. The fourth-order valence-electron chi connectivity index (χ4n) is 1.89. The summed E-state index contributed by atoms with van der Waals surface area (Å²) >= 11 is 1.38. The Hall–Kier alpha value is -2.60. The lowest BCUT2D eigenvalue weighted by molar-refractivity contribution is 0.0993. The molecule has 0 fully saturated rings. The minimum absolute atomic E-state index is 0.240. The van der Waals surface area contributed by atoms with E-state index in [0.717, 1.165) is 11.4 Å². The Balaban J connectivity index is 1.67. The molecular formula is C16H14N2O3S. The van der Waals surface area contributed by atoms with Crippen LogP contribution in [-0.4, -0.2) is 10.9 Å². The Kier molecular flexibility index (Phi) is 4.20. The molecule has 0 saturated heterocycles. The van der Waals surface area contributed by atoms with Gasteiger partial charge in [0, 0.05) is 10.9 Å². The Morgan fingerprint density at radius 1 is 1.32 bits per heavy atom. The number of aromatic nitrogens is 1. The third-order valence-corrected chi connectivity index (χ3v) is 3.81. The Morgan fingerprint density at radius 2 is 2.14 bits per heavy atom. The van der Waals surface area contributed by atoms with Crippen LogP contribution >= 0.6 is 11.3 Å². The molecule has 0 unspecified atom stereocenters. The molecule has 112 valence electrons. The van der Waals surface area contributed by atoms with Gasteiger partial charge in [0.1, 0.15) is 12.4 Å². The quantitative estimate of drug-likeness (QED) is 0.776. The lowest BCUT2D eigenvalue weighted by Crippen LogP contribution is -2.13. The number of hydrogen-bond donors (Lipinski definition) is 1. The van der Waals surface area contributed by atoms with Crippen molar-refractivity contribution in [2.45, 2.75) is 13.5 Å².